The van der Waals surface area contributed by atoms with Gasteiger partial charge >= 0.3 is 0 Å². The molecule has 34 heavy (non-hydrogen) atoms. The molecule has 7 heteroatoms. The van der Waals surface area contributed by atoms with Gasteiger partial charge in [0.05, 0.1) is 17.9 Å². The number of anilines is 1. The fourth-order valence-electron chi connectivity index (χ4n) is 3.95. The molecule has 1 saturated heterocycles. The summed E-state index contributed by atoms with van der Waals surface area (Å²) in [5.74, 6) is -0.0814. The largest absolute Gasteiger partial charge is 0.349 e. The first-order valence-corrected chi connectivity index (χ1v) is 11.5. The molecule has 2 N–H and O–H groups in total. The van der Waals surface area contributed by atoms with Gasteiger partial charge in [0.25, 0.3) is 5.91 Å². The van der Waals surface area contributed by atoms with Crippen molar-refractivity contribution >= 4 is 28.9 Å². The molecule has 0 unspecified atom stereocenters. The van der Waals surface area contributed by atoms with E-state index in [4.69, 9.17) is 0 Å². The van der Waals surface area contributed by atoms with E-state index in [0.717, 1.165) is 54.1 Å². The summed E-state index contributed by atoms with van der Waals surface area (Å²) >= 11 is 0. The Hall–Kier alpha value is -3.84. The summed E-state index contributed by atoms with van der Waals surface area (Å²) in [6.07, 6.45) is 1.65. The van der Waals surface area contributed by atoms with Crippen LogP contribution in [0, 0.1) is 6.92 Å². The van der Waals surface area contributed by atoms with Gasteiger partial charge in [0.15, 0.2) is 0 Å². The van der Waals surface area contributed by atoms with Crippen molar-refractivity contribution in [2.24, 2.45) is 10.2 Å². The van der Waals surface area contributed by atoms with Gasteiger partial charge in [0, 0.05) is 30.4 Å². The molecule has 1 aliphatic rings. The lowest BCUT2D eigenvalue weighted by atomic mass is 10.0. The molecule has 0 aliphatic carbocycles. The van der Waals surface area contributed by atoms with Crippen LogP contribution in [-0.2, 0) is 4.79 Å². The van der Waals surface area contributed by atoms with E-state index >= 15 is 0 Å². The van der Waals surface area contributed by atoms with Gasteiger partial charge in [-0.05, 0) is 67.8 Å². The van der Waals surface area contributed by atoms with Gasteiger partial charge in [0.1, 0.15) is 0 Å². The van der Waals surface area contributed by atoms with Crippen molar-refractivity contribution in [2.45, 2.75) is 25.8 Å². The first-order chi connectivity index (χ1) is 16.6. The zero-order valence-electron chi connectivity index (χ0n) is 19.3. The molecule has 0 spiro atoms. The number of rotatable bonds is 7. The highest BCUT2D eigenvalue weighted by Gasteiger charge is 2.23. The van der Waals surface area contributed by atoms with Gasteiger partial charge in [-0.25, -0.2) is 0 Å². The summed E-state index contributed by atoms with van der Waals surface area (Å²) in [4.78, 5) is 27.1. The number of nitrogens with zero attached hydrogens (tertiary/aromatic N) is 3. The Morgan fingerprint density at radius 1 is 0.853 bits per heavy atom. The fourth-order valence-corrected chi connectivity index (χ4v) is 3.95. The van der Waals surface area contributed by atoms with Crippen LogP contribution < -0.4 is 10.6 Å². The van der Waals surface area contributed by atoms with Crippen LogP contribution in [0.25, 0.3) is 0 Å². The van der Waals surface area contributed by atoms with E-state index in [1.807, 2.05) is 85.8 Å². The zero-order chi connectivity index (χ0) is 23.8. The summed E-state index contributed by atoms with van der Waals surface area (Å²) < 4.78 is 0. The Morgan fingerprint density at radius 3 is 2.15 bits per heavy atom. The van der Waals surface area contributed by atoms with Crippen molar-refractivity contribution < 1.29 is 9.59 Å². The number of carbonyl (C=O) groups is 2. The highest BCUT2D eigenvalue weighted by molar-refractivity contribution is 5.95. The lowest BCUT2D eigenvalue weighted by molar-refractivity contribution is -0.117. The minimum absolute atomic E-state index is 0.0268. The van der Waals surface area contributed by atoms with Gasteiger partial charge < -0.3 is 10.6 Å². The number of benzene rings is 3. The van der Waals surface area contributed by atoms with Gasteiger partial charge in [-0.1, -0.05) is 36.4 Å². The predicted octanol–water partition coefficient (Wildman–Crippen LogP) is 5.24. The minimum atomic E-state index is -0.0546. The minimum Gasteiger partial charge on any atom is -0.349 e. The van der Waals surface area contributed by atoms with Crippen molar-refractivity contribution in [2.75, 3.05) is 25.0 Å². The fraction of sp³-hybridized carbons (Fsp3) is 0.259. The number of carbonyl (C=O) groups excluding carboxylic acids is 2. The summed E-state index contributed by atoms with van der Waals surface area (Å²) in [6.45, 7) is 3.81. The summed E-state index contributed by atoms with van der Waals surface area (Å²) in [5, 5.41) is 14.5. The van der Waals surface area contributed by atoms with Crippen molar-refractivity contribution in [3.8, 4) is 0 Å². The van der Waals surface area contributed by atoms with Gasteiger partial charge in [-0.2, -0.15) is 10.2 Å². The smallest absolute Gasteiger partial charge is 0.251 e. The third kappa shape index (κ3) is 6.59. The molecule has 0 aromatic heterocycles. The molecule has 3 aromatic rings. The molecule has 2 amide bonds. The van der Waals surface area contributed by atoms with E-state index < -0.39 is 0 Å². The van der Waals surface area contributed by atoms with Crippen LogP contribution in [0.1, 0.15) is 28.8 Å². The Morgan fingerprint density at radius 2 is 1.47 bits per heavy atom. The van der Waals surface area contributed by atoms with E-state index in [2.05, 4.69) is 25.8 Å². The molecule has 1 aliphatic heterocycles. The number of hydrogen-bond donors (Lipinski definition) is 2. The van der Waals surface area contributed by atoms with E-state index in [0.29, 0.717) is 6.54 Å². The van der Waals surface area contributed by atoms with Crippen molar-refractivity contribution in [1.29, 1.82) is 0 Å². The van der Waals surface area contributed by atoms with Gasteiger partial charge in [-0.15, -0.1) is 0 Å². The maximum atomic E-state index is 12.5. The number of piperidine rings is 1. The SMILES string of the molecule is Cc1ccccc1C(=O)NC1CCN(CC(=O)Nc2ccc(N=Nc3ccccc3)cc2)CC1. The average molecular weight is 456 g/mol. The quantitative estimate of drug-likeness (QED) is 0.478. The molecular weight excluding hydrogens is 426 g/mol. The van der Waals surface area contributed by atoms with E-state index in [9.17, 15) is 9.59 Å². The van der Waals surface area contributed by atoms with Crippen LogP contribution in [0.5, 0.6) is 0 Å². The summed E-state index contributed by atoms with van der Waals surface area (Å²) in [7, 11) is 0. The first kappa shape index (κ1) is 23.3. The van der Waals surface area contributed by atoms with Crippen molar-refractivity contribution in [1.82, 2.24) is 10.2 Å². The molecule has 0 bridgehead atoms. The number of azo groups is 1. The Bertz CT molecular complexity index is 1140. The number of aryl methyl sites for hydroxylation is 1. The number of nitrogens with one attached hydrogen (secondary N) is 2. The van der Waals surface area contributed by atoms with Crippen LogP contribution in [0.2, 0.25) is 0 Å². The first-order valence-electron chi connectivity index (χ1n) is 11.5. The Kier molecular flexibility index (Phi) is 7.78. The molecule has 7 nitrogen and oxygen atoms in total. The zero-order valence-corrected chi connectivity index (χ0v) is 19.3. The molecule has 1 fully saturated rings. The van der Waals surface area contributed by atoms with E-state index in [1.54, 1.807) is 0 Å². The lowest BCUT2D eigenvalue weighted by Gasteiger charge is -2.32. The van der Waals surface area contributed by atoms with Crippen LogP contribution in [0.15, 0.2) is 89.1 Å². The number of likely N-dealkylation sites (tertiary alicyclic amines) is 1. The van der Waals surface area contributed by atoms with Crippen LogP contribution in [0.3, 0.4) is 0 Å². The van der Waals surface area contributed by atoms with Crippen LogP contribution in [-0.4, -0.2) is 42.4 Å². The lowest BCUT2D eigenvalue weighted by Crippen LogP contribution is -2.46. The summed E-state index contributed by atoms with van der Waals surface area (Å²) in [5.41, 5.74) is 3.93. The molecule has 3 aromatic carbocycles. The summed E-state index contributed by atoms with van der Waals surface area (Å²) in [6, 6.07) is 24.6. The molecule has 1 heterocycles. The highest BCUT2D eigenvalue weighted by atomic mass is 16.2. The Balaban J connectivity index is 1.20. The third-order valence-corrected chi connectivity index (χ3v) is 5.87. The van der Waals surface area contributed by atoms with Gasteiger partial charge in [-0.3, -0.25) is 14.5 Å². The second-order valence-corrected chi connectivity index (χ2v) is 8.47. The topological polar surface area (TPSA) is 86.2 Å². The number of amides is 2. The maximum absolute atomic E-state index is 12.5. The molecular formula is C27H29N5O2. The molecule has 0 atom stereocenters. The van der Waals surface area contributed by atoms with Crippen molar-refractivity contribution in [3.63, 3.8) is 0 Å². The Labute approximate surface area is 199 Å². The second kappa shape index (κ2) is 11.3. The molecule has 174 valence electrons. The standard InChI is InChI=1S/C27H29N5O2/c1-20-7-5-6-10-25(20)27(34)29-22-15-17-32(18-16-22)19-26(33)28-21-11-13-24(14-12-21)31-30-23-8-3-2-4-9-23/h2-14,22H,15-19H2,1H3,(H,28,33)(H,29,34). The number of hydrogen-bond acceptors (Lipinski definition) is 5. The van der Waals surface area contributed by atoms with Crippen LogP contribution in [0.4, 0.5) is 17.1 Å². The van der Waals surface area contributed by atoms with E-state index in [-0.39, 0.29) is 17.9 Å². The average Bonchev–Trinajstić information content (AvgIpc) is 2.85. The predicted molar refractivity (Wildman–Crippen MR) is 134 cm³/mol. The molecule has 0 saturated carbocycles. The monoisotopic (exact) mass is 455 g/mol. The second-order valence-electron chi connectivity index (χ2n) is 8.47. The van der Waals surface area contributed by atoms with Crippen LogP contribution >= 0.6 is 0 Å². The third-order valence-electron chi connectivity index (χ3n) is 5.87. The van der Waals surface area contributed by atoms with Gasteiger partial charge in [0.2, 0.25) is 5.91 Å². The van der Waals surface area contributed by atoms with E-state index in [1.165, 1.54) is 0 Å². The highest BCUT2D eigenvalue weighted by Crippen LogP contribution is 2.20. The van der Waals surface area contributed by atoms with Crippen molar-refractivity contribution in [3.05, 3.63) is 90.0 Å². The molecule has 0 radical (unpaired) electrons. The molecule has 4 rings (SSSR count). The maximum Gasteiger partial charge on any atom is 0.251 e. The normalized spacial score (nSPS) is 14.7.